The fraction of sp³-hybridized carbons (Fsp3) is 0.700. The van der Waals surface area contributed by atoms with E-state index in [4.69, 9.17) is 4.74 Å². The van der Waals surface area contributed by atoms with Crippen LogP contribution in [-0.2, 0) is 22.6 Å². The van der Waals surface area contributed by atoms with Crippen LogP contribution in [0.1, 0.15) is 35.9 Å². The molecule has 6 nitrogen and oxygen atoms in total. The van der Waals surface area contributed by atoms with Gasteiger partial charge in [-0.15, -0.1) is 5.10 Å². The number of hydrogen-bond donors (Lipinski definition) is 0. The second-order valence-corrected chi connectivity index (χ2v) is 3.39. The van der Waals surface area contributed by atoms with Gasteiger partial charge in [-0.2, -0.15) is 0 Å². The molecule has 0 unspecified atom stereocenters. The van der Waals surface area contributed by atoms with E-state index in [-0.39, 0.29) is 5.69 Å². The molecular weight excluding hydrogens is 210 g/mol. The van der Waals surface area contributed by atoms with Crippen molar-refractivity contribution in [2.24, 2.45) is 0 Å². The monoisotopic (exact) mass is 227 g/mol. The van der Waals surface area contributed by atoms with Crippen molar-refractivity contribution >= 4 is 5.97 Å². The van der Waals surface area contributed by atoms with Crippen LogP contribution in [-0.4, -0.2) is 35.2 Å². The van der Waals surface area contributed by atoms with Gasteiger partial charge in [0.25, 0.3) is 0 Å². The van der Waals surface area contributed by atoms with Crippen LogP contribution in [0.4, 0.5) is 0 Å². The Hall–Kier alpha value is -1.43. The van der Waals surface area contributed by atoms with Crippen molar-refractivity contribution in [3.8, 4) is 0 Å². The first-order valence-corrected chi connectivity index (χ1v) is 5.24. The van der Waals surface area contributed by atoms with Gasteiger partial charge in [-0.3, -0.25) is 0 Å². The predicted octanol–water partition coefficient (Wildman–Crippen LogP) is 1.01. The van der Waals surface area contributed by atoms with Gasteiger partial charge in [-0.05, 0) is 6.42 Å². The molecule has 0 saturated carbocycles. The van der Waals surface area contributed by atoms with E-state index in [1.807, 2.05) is 0 Å². The van der Waals surface area contributed by atoms with E-state index in [1.165, 1.54) is 7.11 Å². The number of carbonyl (C=O) groups excluding carboxylic acids is 1. The quantitative estimate of drug-likeness (QED) is 0.678. The lowest BCUT2D eigenvalue weighted by atomic mass is 10.3. The molecule has 1 heterocycles. The topological polar surface area (TPSA) is 66.2 Å². The maximum atomic E-state index is 11.4. The van der Waals surface area contributed by atoms with E-state index >= 15 is 0 Å². The van der Waals surface area contributed by atoms with Crippen LogP contribution in [0.2, 0.25) is 0 Å². The molecule has 0 N–H and O–H groups in total. The van der Waals surface area contributed by atoms with Crippen LogP contribution in [0.3, 0.4) is 0 Å². The first kappa shape index (κ1) is 12.6. The zero-order chi connectivity index (χ0) is 12.0. The Balaban J connectivity index is 2.92. The lowest BCUT2D eigenvalue weighted by Gasteiger charge is -2.05. The molecular formula is C10H17N3O3. The second-order valence-electron chi connectivity index (χ2n) is 3.39. The summed E-state index contributed by atoms with van der Waals surface area (Å²) in [5, 5.41) is 7.74. The summed E-state index contributed by atoms with van der Waals surface area (Å²) in [7, 11) is 2.89. The molecule has 0 fully saturated rings. The summed E-state index contributed by atoms with van der Waals surface area (Å²) in [4.78, 5) is 11.4. The minimum atomic E-state index is -0.477. The van der Waals surface area contributed by atoms with Crippen molar-refractivity contribution in [1.29, 1.82) is 0 Å². The van der Waals surface area contributed by atoms with Gasteiger partial charge in [0.1, 0.15) is 0 Å². The number of nitrogens with zero attached hydrogens (tertiary/aromatic N) is 3. The van der Waals surface area contributed by atoms with Crippen LogP contribution in [0.15, 0.2) is 0 Å². The minimum Gasteiger partial charge on any atom is -0.464 e. The third kappa shape index (κ3) is 2.79. The zero-order valence-corrected chi connectivity index (χ0v) is 9.89. The normalized spacial score (nSPS) is 10.4. The zero-order valence-electron chi connectivity index (χ0n) is 9.89. The molecule has 90 valence electrons. The molecule has 0 aliphatic carbocycles. The number of unbranched alkanes of at least 4 members (excludes halogenated alkanes) is 1. The van der Waals surface area contributed by atoms with Crippen molar-refractivity contribution in [3.63, 3.8) is 0 Å². The minimum absolute atomic E-state index is 0.237. The van der Waals surface area contributed by atoms with Crippen molar-refractivity contribution in [2.75, 3.05) is 14.2 Å². The van der Waals surface area contributed by atoms with Gasteiger partial charge in [0.2, 0.25) is 0 Å². The molecule has 1 aromatic rings. The summed E-state index contributed by atoms with van der Waals surface area (Å²) in [6.07, 6.45) is 2.04. The standard InChI is InChI=1S/C10H17N3O3/c1-4-5-6-13-8(7-15-2)9(11-12-13)10(14)16-3/h4-7H2,1-3H3. The van der Waals surface area contributed by atoms with Crippen molar-refractivity contribution in [3.05, 3.63) is 11.4 Å². The van der Waals surface area contributed by atoms with Crippen molar-refractivity contribution in [1.82, 2.24) is 15.0 Å². The third-order valence-corrected chi connectivity index (χ3v) is 2.22. The van der Waals surface area contributed by atoms with Gasteiger partial charge >= 0.3 is 5.97 Å². The molecule has 0 atom stereocenters. The number of carbonyl (C=O) groups is 1. The fourth-order valence-electron chi connectivity index (χ4n) is 1.36. The highest BCUT2D eigenvalue weighted by molar-refractivity contribution is 5.88. The molecule has 0 radical (unpaired) electrons. The van der Waals surface area contributed by atoms with E-state index in [0.717, 1.165) is 19.4 Å². The molecule has 16 heavy (non-hydrogen) atoms. The molecule has 6 heteroatoms. The SMILES string of the molecule is CCCCn1nnc(C(=O)OC)c1COC. The van der Waals surface area contributed by atoms with E-state index < -0.39 is 5.97 Å². The molecule has 0 bridgehead atoms. The molecule has 0 aliphatic heterocycles. The average molecular weight is 227 g/mol. The molecule has 0 saturated heterocycles. The predicted molar refractivity (Wildman–Crippen MR) is 57.0 cm³/mol. The van der Waals surface area contributed by atoms with Crippen molar-refractivity contribution < 1.29 is 14.3 Å². The maximum absolute atomic E-state index is 11.4. The molecule has 1 rings (SSSR count). The van der Waals surface area contributed by atoms with E-state index in [2.05, 4.69) is 22.0 Å². The Morgan fingerprint density at radius 1 is 1.44 bits per heavy atom. The van der Waals surface area contributed by atoms with E-state index in [1.54, 1.807) is 11.8 Å². The Morgan fingerprint density at radius 3 is 2.75 bits per heavy atom. The number of ether oxygens (including phenoxy) is 2. The van der Waals surface area contributed by atoms with Gasteiger partial charge in [-0.25, -0.2) is 9.48 Å². The lowest BCUT2D eigenvalue weighted by Crippen LogP contribution is -2.10. The third-order valence-electron chi connectivity index (χ3n) is 2.22. The van der Waals surface area contributed by atoms with Gasteiger partial charge in [0, 0.05) is 13.7 Å². The van der Waals surface area contributed by atoms with E-state index in [9.17, 15) is 4.79 Å². The second kappa shape index (κ2) is 6.22. The van der Waals surface area contributed by atoms with Gasteiger partial charge in [0.15, 0.2) is 5.69 Å². The van der Waals surface area contributed by atoms with Crippen LogP contribution in [0.25, 0.3) is 0 Å². The first-order valence-electron chi connectivity index (χ1n) is 5.24. The summed E-state index contributed by atoms with van der Waals surface area (Å²) in [6.45, 7) is 3.13. The Kier molecular flexibility index (Phi) is 4.91. The lowest BCUT2D eigenvalue weighted by molar-refractivity contribution is 0.0588. The summed E-state index contributed by atoms with van der Waals surface area (Å²) in [5.41, 5.74) is 0.906. The number of rotatable bonds is 6. The van der Waals surface area contributed by atoms with E-state index in [0.29, 0.717) is 12.3 Å². The van der Waals surface area contributed by atoms with Crippen LogP contribution in [0.5, 0.6) is 0 Å². The van der Waals surface area contributed by atoms with Gasteiger partial charge in [-0.1, -0.05) is 18.6 Å². The number of aryl methyl sites for hydroxylation is 1. The Bertz CT molecular complexity index is 349. The average Bonchev–Trinajstić information content (AvgIpc) is 2.69. The van der Waals surface area contributed by atoms with Gasteiger partial charge < -0.3 is 9.47 Å². The van der Waals surface area contributed by atoms with Crippen LogP contribution in [0, 0.1) is 0 Å². The molecule has 0 aromatic carbocycles. The molecule has 0 spiro atoms. The molecule has 1 aromatic heterocycles. The Labute approximate surface area is 94.5 Å². The van der Waals surface area contributed by atoms with Gasteiger partial charge in [0.05, 0.1) is 19.4 Å². The fourth-order valence-corrected chi connectivity index (χ4v) is 1.36. The number of methoxy groups -OCH3 is 2. The summed E-state index contributed by atoms with van der Waals surface area (Å²) < 4.78 is 11.4. The molecule has 0 aliphatic rings. The maximum Gasteiger partial charge on any atom is 0.360 e. The largest absolute Gasteiger partial charge is 0.464 e. The highest BCUT2D eigenvalue weighted by atomic mass is 16.5. The Morgan fingerprint density at radius 2 is 2.19 bits per heavy atom. The summed E-state index contributed by atoms with van der Waals surface area (Å²) in [6, 6.07) is 0. The number of hydrogen-bond acceptors (Lipinski definition) is 5. The smallest absolute Gasteiger partial charge is 0.360 e. The number of aromatic nitrogens is 3. The summed E-state index contributed by atoms with van der Waals surface area (Å²) >= 11 is 0. The first-order chi connectivity index (χ1) is 7.74. The van der Waals surface area contributed by atoms with Crippen molar-refractivity contribution in [2.45, 2.75) is 32.9 Å². The van der Waals surface area contributed by atoms with Crippen LogP contribution < -0.4 is 0 Å². The molecule has 0 amide bonds. The summed E-state index contributed by atoms with van der Waals surface area (Å²) in [5.74, 6) is -0.477. The number of esters is 1. The highest BCUT2D eigenvalue weighted by Crippen LogP contribution is 2.09. The highest BCUT2D eigenvalue weighted by Gasteiger charge is 2.19. The van der Waals surface area contributed by atoms with Crippen LogP contribution >= 0.6 is 0 Å².